The molecule has 4 rings (SSSR count). The molecule has 1 atom stereocenters. The first-order chi connectivity index (χ1) is 20.3. The van der Waals surface area contributed by atoms with Gasteiger partial charge >= 0.3 is 11.9 Å². The van der Waals surface area contributed by atoms with Crippen LogP contribution in [0.5, 0.6) is 23.0 Å². The summed E-state index contributed by atoms with van der Waals surface area (Å²) in [6, 6.07) is 9.42. The number of carbonyl (C=O) groups excluding carboxylic acids is 2. The Bertz CT molecular complexity index is 1700. The smallest absolute Gasteiger partial charge is 0.344 e. The Hall–Kier alpha value is -4.58. The molecule has 2 aromatic carbocycles. The minimum atomic E-state index is -0.850. The molecule has 12 heteroatoms. The van der Waals surface area contributed by atoms with E-state index >= 15 is 0 Å². The Morgan fingerprint density at radius 2 is 1.69 bits per heavy atom. The zero-order chi connectivity index (χ0) is 30.4. The highest BCUT2D eigenvalue weighted by molar-refractivity contribution is 7.07. The SMILES string of the molecule is CCOC(=O)COc1ccc(/C=c2\sc3n(c2=O)[C@@H](c2ccc(OC)cc2OC)C(C(=O)OCC)=C(C)N=3)cc1OC. The summed E-state index contributed by atoms with van der Waals surface area (Å²) in [5, 5.41) is 0. The second kappa shape index (κ2) is 13.4. The van der Waals surface area contributed by atoms with E-state index in [0.29, 0.717) is 49.2 Å². The number of benzene rings is 2. The second-order valence-corrected chi connectivity index (χ2v) is 9.92. The molecule has 0 saturated heterocycles. The van der Waals surface area contributed by atoms with Gasteiger partial charge in [-0.3, -0.25) is 9.36 Å². The van der Waals surface area contributed by atoms with Crippen LogP contribution in [-0.4, -0.2) is 57.7 Å². The van der Waals surface area contributed by atoms with Crippen molar-refractivity contribution in [3.63, 3.8) is 0 Å². The van der Waals surface area contributed by atoms with Gasteiger partial charge in [-0.2, -0.15) is 0 Å². The standard InChI is InChI=1S/C30H32N2O9S/c1-7-39-25(33)16-41-21-12-9-18(13-23(21)38-6)14-24-28(34)32-27(20-11-10-19(36-4)15-22(20)37-5)26(29(35)40-8-2)17(3)31-30(32)42-24/h9-15,27H,7-8,16H2,1-6H3/b24-14-/t27-/m0/s1. The molecule has 222 valence electrons. The van der Waals surface area contributed by atoms with Crippen molar-refractivity contribution in [2.75, 3.05) is 41.2 Å². The summed E-state index contributed by atoms with van der Waals surface area (Å²) in [6.45, 7) is 5.29. The number of nitrogens with zero attached hydrogens (tertiary/aromatic N) is 2. The van der Waals surface area contributed by atoms with Crippen LogP contribution in [0.2, 0.25) is 0 Å². The van der Waals surface area contributed by atoms with Crippen LogP contribution in [0.3, 0.4) is 0 Å². The van der Waals surface area contributed by atoms with E-state index in [1.807, 2.05) is 0 Å². The summed E-state index contributed by atoms with van der Waals surface area (Å²) in [4.78, 5) is 43.9. The molecule has 0 fully saturated rings. The van der Waals surface area contributed by atoms with Gasteiger partial charge < -0.3 is 28.4 Å². The van der Waals surface area contributed by atoms with Crippen LogP contribution in [0.25, 0.3) is 6.08 Å². The Kier molecular flexibility index (Phi) is 9.68. The third kappa shape index (κ3) is 6.18. The molecule has 0 amide bonds. The van der Waals surface area contributed by atoms with Gasteiger partial charge in [0.2, 0.25) is 0 Å². The van der Waals surface area contributed by atoms with Crippen LogP contribution < -0.4 is 33.8 Å². The maximum absolute atomic E-state index is 14.0. The molecule has 42 heavy (non-hydrogen) atoms. The summed E-state index contributed by atoms with van der Waals surface area (Å²) in [6.07, 6.45) is 1.70. The quantitative estimate of drug-likeness (QED) is 0.308. The van der Waals surface area contributed by atoms with Crippen molar-refractivity contribution in [1.29, 1.82) is 0 Å². The lowest BCUT2D eigenvalue weighted by Crippen LogP contribution is -2.40. The van der Waals surface area contributed by atoms with Crippen LogP contribution in [0.4, 0.5) is 0 Å². The van der Waals surface area contributed by atoms with Gasteiger partial charge in [0.25, 0.3) is 5.56 Å². The predicted molar refractivity (Wildman–Crippen MR) is 155 cm³/mol. The molecule has 0 radical (unpaired) electrons. The molecule has 0 aliphatic carbocycles. The number of allylic oxidation sites excluding steroid dienone is 1. The Labute approximate surface area is 246 Å². The number of esters is 2. The molecule has 1 aromatic heterocycles. The fourth-order valence-corrected chi connectivity index (χ4v) is 5.56. The lowest BCUT2D eigenvalue weighted by molar-refractivity contribution is -0.145. The molecule has 1 aliphatic heterocycles. The number of hydrogen-bond donors (Lipinski definition) is 0. The van der Waals surface area contributed by atoms with Crippen molar-refractivity contribution >= 4 is 29.4 Å². The van der Waals surface area contributed by atoms with Gasteiger partial charge in [-0.1, -0.05) is 17.4 Å². The van der Waals surface area contributed by atoms with Crippen LogP contribution in [-0.2, 0) is 19.1 Å². The van der Waals surface area contributed by atoms with Crippen LogP contribution in [0, 0.1) is 0 Å². The number of carbonyl (C=O) groups is 2. The van der Waals surface area contributed by atoms with E-state index in [1.165, 1.54) is 30.1 Å². The summed E-state index contributed by atoms with van der Waals surface area (Å²) in [5.74, 6) is 0.662. The summed E-state index contributed by atoms with van der Waals surface area (Å²) in [7, 11) is 4.53. The van der Waals surface area contributed by atoms with Gasteiger partial charge in [0.1, 0.15) is 17.5 Å². The normalized spacial score (nSPS) is 14.5. The molecule has 0 unspecified atom stereocenters. The highest BCUT2D eigenvalue weighted by Crippen LogP contribution is 2.37. The van der Waals surface area contributed by atoms with Gasteiger partial charge in [-0.05, 0) is 56.7 Å². The maximum Gasteiger partial charge on any atom is 0.344 e. The van der Waals surface area contributed by atoms with Crippen molar-refractivity contribution in [3.8, 4) is 23.0 Å². The first-order valence-corrected chi connectivity index (χ1v) is 14.0. The molecule has 11 nitrogen and oxygen atoms in total. The van der Waals surface area contributed by atoms with Crippen molar-refractivity contribution in [2.24, 2.45) is 4.99 Å². The minimum absolute atomic E-state index is 0.161. The Morgan fingerprint density at radius 1 is 0.952 bits per heavy atom. The van der Waals surface area contributed by atoms with E-state index in [4.69, 9.17) is 28.4 Å². The van der Waals surface area contributed by atoms with Crippen molar-refractivity contribution in [2.45, 2.75) is 26.8 Å². The highest BCUT2D eigenvalue weighted by atomic mass is 32.1. The van der Waals surface area contributed by atoms with E-state index in [0.717, 1.165) is 0 Å². The second-order valence-electron chi connectivity index (χ2n) is 8.91. The number of ether oxygens (including phenoxy) is 6. The number of fused-ring (bicyclic) bond motifs is 1. The van der Waals surface area contributed by atoms with E-state index in [9.17, 15) is 14.4 Å². The fourth-order valence-electron chi connectivity index (χ4n) is 4.51. The first kappa shape index (κ1) is 30.4. The Balaban J connectivity index is 1.84. The van der Waals surface area contributed by atoms with Crippen LogP contribution >= 0.6 is 11.3 Å². The van der Waals surface area contributed by atoms with Crippen molar-refractivity contribution in [3.05, 3.63) is 78.5 Å². The molecule has 0 spiro atoms. The Morgan fingerprint density at radius 3 is 2.36 bits per heavy atom. The molecule has 0 N–H and O–H groups in total. The third-order valence-corrected chi connectivity index (χ3v) is 7.37. The third-order valence-electron chi connectivity index (χ3n) is 6.39. The van der Waals surface area contributed by atoms with E-state index < -0.39 is 18.0 Å². The van der Waals surface area contributed by atoms with Crippen molar-refractivity contribution < 1.29 is 38.0 Å². The largest absolute Gasteiger partial charge is 0.497 e. The molecule has 0 bridgehead atoms. The average molecular weight is 597 g/mol. The van der Waals surface area contributed by atoms with Gasteiger partial charge in [-0.15, -0.1) is 0 Å². The number of aromatic nitrogens is 1. The van der Waals surface area contributed by atoms with E-state index in [2.05, 4.69) is 4.99 Å². The summed E-state index contributed by atoms with van der Waals surface area (Å²) >= 11 is 1.19. The molecule has 3 aromatic rings. The van der Waals surface area contributed by atoms with Gasteiger partial charge in [0, 0.05) is 11.6 Å². The van der Waals surface area contributed by atoms with Gasteiger partial charge in [-0.25, -0.2) is 14.6 Å². The zero-order valence-corrected chi connectivity index (χ0v) is 25.0. The highest BCUT2D eigenvalue weighted by Gasteiger charge is 2.35. The maximum atomic E-state index is 14.0. The molecular weight excluding hydrogens is 564 g/mol. The van der Waals surface area contributed by atoms with Crippen LogP contribution in [0.15, 0.2) is 57.5 Å². The average Bonchev–Trinajstić information content (AvgIpc) is 3.29. The molecule has 1 aliphatic rings. The molecular formula is C30H32N2O9S. The van der Waals surface area contributed by atoms with Gasteiger partial charge in [0.15, 0.2) is 22.9 Å². The van der Waals surface area contributed by atoms with Gasteiger partial charge in [0.05, 0.1) is 50.3 Å². The lowest BCUT2D eigenvalue weighted by Gasteiger charge is -2.26. The monoisotopic (exact) mass is 596 g/mol. The first-order valence-electron chi connectivity index (χ1n) is 13.1. The zero-order valence-electron chi connectivity index (χ0n) is 24.2. The molecule has 0 saturated carbocycles. The summed E-state index contributed by atoms with van der Waals surface area (Å²) in [5.41, 5.74) is 1.56. The summed E-state index contributed by atoms with van der Waals surface area (Å²) < 4.78 is 34.1. The number of hydrogen-bond acceptors (Lipinski definition) is 11. The topological polar surface area (TPSA) is 124 Å². The number of thiazole rings is 1. The predicted octanol–water partition coefficient (Wildman–Crippen LogP) is 2.77. The van der Waals surface area contributed by atoms with Crippen molar-refractivity contribution in [1.82, 2.24) is 4.57 Å². The van der Waals surface area contributed by atoms with E-state index in [-0.39, 0.29) is 31.0 Å². The van der Waals surface area contributed by atoms with E-state index in [1.54, 1.807) is 70.4 Å². The lowest BCUT2D eigenvalue weighted by atomic mass is 9.95. The number of methoxy groups -OCH3 is 3. The minimum Gasteiger partial charge on any atom is -0.497 e. The molecule has 2 heterocycles. The fraction of sp³-hybridized carbons (Fsp3) is 0.333. The number of rotatable bonds is 11. The van der Waals surface area contributed by atoms with Crippen LogP contribution in [0.1, 0.15) is 37.9 Å².